The predicted octanol–water partition coefficient (Wildman–Crippen LogP) is 5.41. The number of rotatable bonds is 2. The van der Waals surface area contributed by atoms with Gasteiger partial charge in [-0.2, -0.15) is 0 Å². The molecule has 0 unspecified atom stereocenters. The van der Waals surface area contributed by atoms with Gasteiger partial charge in [0.15, 0.2) is 11.5 Å². The molecule has 3 aromatic carbocycles. The summed E-state index contributed by atoms with van der Waals surface area (Å²) in [5.74, 6) is 1.73. The molecule has 1 aliphatic rings. The average molecular weight is 304 g/mol. The fourth-order valence-electron chi connectivity index (χ4n) is 3.53. The van der Waals surface area contributed by atoms with Crippen LogP contribution >= 0.6 is 0 Å². The van der Waals surface area contributed by atoms with Crippen LogP contribution in [-0.2, 0) is 6.42 Å². The minimum absolute atomic E-state index is 0.303. The predicted molar refractivity (Wildman–Crippen MR) is 94.4 cm³/mol. The molecular formula is C21H20O2. The lowest BCUT2D eigenvalue weighted by Crippen LogP contribution is -1.96. The van der Waals surface area contributed by atoms with Crippen LogP contribution in [0, 0.1) is 13.8 Å². The summed E-state index contributed by atoms with van der Waals surface area (Å²) in [6.45, 7) is 6.83. The Morgan fingerprint density at radius 3 is 2.48 bits per heavy atom. The Morgan fingerprint density at radius 2 is 1.74 bits per heavy atom. The van der Waals surface area contributed by atoms with Crippen molar-refractivity contribution in [3.63, 3.8) is 0 Å². The first-order valence-electron chi connectivity index (χ1n) is 8.11. The summed E-state index contributed by atoms with van der Waals surface area (Å²) in [6, 6.07) is 15.2. The molecule has 0 fully saturated rings. The van der Waals surface area contributed by atoms with E-state index >= 15 is 0 Å². The number of fused-ring (bicyclic) bond motifs is 3. The van der Waals surface area contributed by atoms with E-state index in [0.717, 1.165) is 17.9 Å². The first-order chi connectivity index (χ1) is 11.2. The topological polar surface area (TPSA) is 18.5 Å². The van der Waals surface area contributed by atoms with Gasteiger partial charge in [-0.15, -0.1) is 0 Å². The van der Waals surface area contributed by atoms with Crippen molar-refractivity contribution in [3.05, 3.63) is 59.2 Å². The highest BCUT2D eigenvalue weighted by Crippen LogP contribution is 2.46. The second-order valence-corrected chi connectivity index (χ2v) is 6.16. The Labute approximate surface area is 136 Å². The third-order valence-electron chi connectivity index (χ3n) is 4.67. The summed E-state index contributed by atoms with van der Waals surface area (Å²) in [6.07, 6.45) is 0.996. The lowest BCUT2D eigenvalue weighted by Gasteiger charge is -2.17. The van der Waals surface area contributed by atoms with Gasteiger partial charge < -0.3 is 9.47 Å². The van der Waals surface area contributed by atoms with Gasteiger partial charge in [0, 0.05) is 5.39 Å². The van der Waals surface area contributed by atoms with Crippen molar-refractivity contribution in [2.75, 3.05) is 6.79 Å². The highest BCUT2D eigenvalue weighted by Gasteiger charge is 2.22. The maximum atomic E-state index is 5.81. The summed E-state index contributed by atoms with van der Waals surface area (Å²) in [5, 5.41) is 2.38. The van der Waals surface area contributed by atoms with Crippen molar-refractivity contribution in [2.45, 2.75) is 27.2 Å². The molecule has 2 heteroatoms. The normalized spacial score (nSPS) is 12.8. The zero-order valence-electron chi connectivity index (χ0n) is 13.8. The Morgan fingerprint density at radius 1 is 0.957 bits per heavy atom. The van der Waals surface area contributed by atoms with Crippen LogP contribution < -0.4 is 9.47 Å². The van der Waals surface area contributed by atoms with Gasteiger partial charge in [0.1, 0.15) is 0 Å². The van der Waals surface area contributed by atoms with Crippen molar-refractivity contribution in [1.82, 2.24) is 0 Å². The molecule has 4 rings (SSSR count). The minimum atomic E-state index is 0.303. The molecule has 1 aliphatic heterocycles. The van der Waals surface area contributed by atoms with Gasteiger partial charge in [0.25, 0.3) is 0 Å². The van der Waals surface area contributed by atoms with Crippen molar-refractivity contribution in [1.29, 1.82) is 0 Å². The Kier molecular flexibility index (Phi) is 3.26. The summed E-state index contributed by atoms with van der Waals surface area (Å²) in [4.78, 5) is 0. The van der Waals surface area contributed by atoms with Crippen molar-refractivity contribution in [3.8, 4) is 22.6 Å². The van der Waals surface area contributed by atoms with E-state index in [9.17, 15) is 0 Å². The van der Waals surface area contributed by atoms with Crippen molar-refractivity contribution >= 4 is 10.8 Å². The Balaban J connectivity index is 2.14. The molecule has 3 aromatic rings. The average Bonchev–Trinajstić information content (AvgIpc) is 3.03. The molecule has 1 heterocycles. The van der Waals surface area contributed by atoms with Crippen LogP contribution in [-0.4, -0.2) is 6.79 Å². The number of hydrogen-bond donors (Lipinski definition) is 0. The quantitative estimate of drug-likeness (QED) is 0.630. The van der Waals surface area contributed by atoms with Gasteiger partial charge in [-0.1, -0.05) is 48.9 Å². The summed E-state index contributed by atoms with van der Waals surface area (Å²) >= 11 is 0. The zero-order valence-corrected chi connectivity index (χ0v) is 13.8. The van der Waals surface area contributed by atoms with E-state index in [4.69, 9.17) is 9.47 Å². The molecule has 0 spiro atoms. The lowest BCUT2D eigenvalue weighted by molar-refractivity contribution is 0.175. The number of benzene rings is 3. The van der Waals surface area contributed by atoms with Crippen LogP contribution in [0.5, 0.6) is 11.5 Å². The molecule has 0 aliphatic carbocycles. The molecule has 0 atom stereocenters. The van der Waals surface area contributed by atoms with Crippen LogP contribution in [0.4, 0.5) is 0 Å². The number of aryl methyl sites for hydroxylation is 2. The van der Waals surface area contributed by atoms with Crippen molar-refractivity contribution in [2.24, 2.45) is 0 Å². The molecule has 0 aromatic heterocycles. The third-order valence-corrected chi connectivity index (χ3v) is 4.67. The van der Waals surface area contributed by atoms with Gasteiger partial charge in [-0.05, 0) is 54.0 Å². The molecule has 0 radical (unpaired) electrons. The van der Waals surface area contributed by atoms with E-state index in [-0.39, 0.29) is 0 Å². The highest BCUT2D eigenvalue weighted by molar-refractivity contribution is 6.04. The zero-order chi connectivity index (χ0) is 16.0. The lowest BCUT2D eigenvalue weighted by atomic mass is 9.88. The second kappa shape index (κ2) is 5.31. The molecule has 0 saturated heterocycles. The van der Waals surface area contributed by atoms with E-state index in [2.05, 4.69) is 57.2 Å². The van der Waals surface area contributed by atoms with E-state index < -0.39 is 0 Å². The van der Waals surface area contributed by atoms with Gasteiger partial charge >= 0.3 is 0 Å². The molecule has 116 valence electrons. The highest BCUT2D eigenvalue weighted by atomic mass is 16.7. The van der Waals surface area contributed by atoms with Crippen LogP contribution in [0.15, 0.2) is 42.5 Å². The van der Waals surface area contributed by atoms with E-state index in [1.807, 2.05) is 6.07 Å². The van der Waals surface area contributed by atoms with Crippen LogP contribution in [0.3, 0.4) is 0 Å². The second-order valence-electron chi connectivity index (χ2n) is 6.16. The Hall–Kier alpha value is -2.48. The summed E-state index contributed by atoms with van der Waals surface area (Å²) in [5.41, 5.74) is 6.50. The maximum Gasteiger partial charge on any atom is 0.231 e. The molecule has 0 amide bonds. The minimum Gasteiger partial charge on any atom is -0.454 e. The first-order valence-corrected chi connectivity index (χ1v) is 8.11. The molecular weight excluding hydrogens is 284 g/mol. The van der Waals surface area contributed by atoms with E-state index in [1.165, 1.54) is 38.6 Å². The van der Waals surface area contributed by atoms with Crippen molar-refractivity contribution < 1.29 is 9.47 Å². The van der Waals surface area contributed by atoms with Gasteiger partial charge in [0.2, 0.25) is 6.79 Å². The first kappa shape index (κ1) is 14.1. The SMILES string of the molecule is CCc1c(C)cc2ccc3c(c2c1-c1ccc(C)cc1)OCO3. The monoisotopic (exact) mass is 304 g/mol. The maximum absolute atomic E-state index is 5.81. The van der Waals surface area contributed by atoms with Crippen LogP contribution in [0.2, 0.25) is 0 Å². The number of ether oxygens (including phenoxy) is 2. The summed E-state index contributed by atoms with van der Waals surface area (Å²) in [7, 11) is 0. The van der Waals surface area contributed by atoms with E-state index in [1.54, 1.807) is 0 Å². The fourth-order valence-corrected chi connectivity index (χ4v) is 3.53. The van der Waals surface area contributed by atoms with E-state index in [0.29, 0.717) is 6.79 Å². The number of hydrogen-bond acceptors (Lipinski definition) is 2. The van der Waals surface area contributed by atoms with Gasteiger partial charge in [0.05, 0.1) is 0 Å². The van der Waals surface area contributed by atoms with Crippen LogP contribution in [0.1, 0.15) is 23.6 Å². The standard InChI is InChI=1S/C21H20O2/c1-4-17-14(3)11-16-9-10-18-21(23-12-22-18)20(16)19(17)15-7-5-13(2)6-8-15/h5-11H,4,12H2,1-3H3. The molecule has 0 N–H and O–H groups in total. The largest absolute Gasteiger partial charge is 0.454 e. The molecule has 0 saturated carbocycles. The molecule has 2 nitrogen and oxygen atoms in total. The fraction of sp³-hybridized carbons (Fsp3) is 0.238. The molecule has 23 heavy (non-hydrogen) atoms. The summed E-state index contributed by atoms with van der Waals surface area (Å²) < 4.78 is 11.4. The molecule has 0 bridgehead atoms. The smallest absolute Gasteiger partial charge is 0.231 e. The van der Waals surface area contributed by atoms with Gasteiger partial charge in [-0.25, -0.2) is 0 Å². The Bertz CT molecular complexity index is 892. The third kappa shape index (κ3) is 2.17. The van der Waals surface area contributed by atoms with Gasteiger partial charge in [-0.3, -0.25) is 0 Å². The van der Waals surface area contributed by atoms with Crippen LogP contribution in [0.25, 0.3) is 21.9 Å².